The minimum Gasteiger partial charge on any atom is -0.350 e. The normalized spacial score (nSPS) is 12.0. The molecule has 2 nitrogen and oxygen atoms in total. The smallest absolute Gasteiger partial charge is 0.220 e. The Bertz CT molecular complexity index is 713. The highest BCUT2D eigenvalue weighted by molar-refractivity contribution is 5.76. The highest BCUT2D eigenvalue weighted by Crippen LogP contribution is 2.17. The molecule has 2 aromatic rings. The molecule has 0 saturated heterocycles. The van der Waals surface area contributed by atoms with Gasteiger partial charge in [-0.3, -0.25) is 4.79 Å². The van der Waals surface area contributed by atoms with E-state index in [-0.39, 0.29) is 11.9 Å². The van der Waals surface area contributed by atoms with Gasteiger partial charge in [-0.25, -0.2) is 8.78 Å². The van der Waals surface area contributed by atoms with Crippen LogP contribution < -0.4 is 5.32 Å². The van der Waals surface area contributed by atoms with Crippen LogP contribution in [-0.4, -0.2) is 5.91 Å². The highest BCUT2D eigenvalue weighted by atomic mass is 19.2. The molecule has 4 heteroatoms. The van der Waals surface area contributed by atoms with Gasteiger partial charge in [-0.2, -0.15) is 0 Å². The van der Waals surface area contributed by atoms with E-state index in [9.17, 15) is 13.6 Å². The first-order chi connectivity index (χ1) is 10.9. The molecule has 2 rings (SSSR count). The fourth-order valence-electron chi connectivity index (χ4n) is 2.55. The molecule has 0 aliphatic carbocycles. The minimum absolute atomic E-state index is 0.109. The third-order valence-electron chi connectivity index (χ3n) is 3.94. The van der Waals surface area contributed by atoms with Gasteiger partial charge >= 0.3 is 0 Å². The van der Waals surface area contributed by atoms with E-state index in [0.29, 0.717) is 18.4 Å². The van der Waals surface area contributed by atoms with Crippen molar-refractivity contribution < 1.29 is 13.6 Å². The third kappa shape index (κ3) is 4.62. The summed E-state index contributed by atoms with van der Waals surface area (Å²) in [6, 6.07) is 9.47. The van der Waals surface area contributed by atoms with Gasteiger partial charge in [-0.15, -0.1) is 0 Å². The summed E-state index contributed by atoms with van der Waals surface area (Å²) in [6.45, 7) is 5.82. The summed E-state index contributed by atoms with van der Waals surface area (Å²) in [5.74, 6) is -1.90. The number of nitrogens with one attached hydrogen (secondary N) is 1. The van der Waals surface area contributed by atoms with Gasteiger partial charge in [0.15, 0.2) is 11.6 Å². The largest absolute Gasteiger partial charge is 0.350 e. The second-order valence-corrected chi connectivity index (χ2v) is 5.89. The predicted octanol–water partition coefficient (Wildman–Crippen LogP) is 4.39. The van der Waals surface area contributed by atoms with Crippen molar-refractivity contribution in [3.63, 3.8) is 0 Å². The van der Waals surface area contributed by atoms with Crippen LogP contribution in [0.2, 0.25) is 0 Å². The molecule has 2 aromatic carbocycles. The van der Waals surface area contributed by atoms with E-state index in [1.807, 2.05) is 26.0 Å². The lowest BCUT2D eigenvalue weighted by Crippen LogP contribution is -2.27. The molecule has 0 fully saturated rings. The Morgan fingerprint density at radius 1 is 1.09 bits per heavy atom. The van der Waals surface area contributed by atoms with Crippen molar-refractivity contribution in [2.24, 2.45) is 0 Å². The molecule has 1 amide bonds. The fraction of sp³-hybridized carbons (Fsp3) is 0.316. The lowest BCUT2D eigenvalue weighted by Gasteiger charge is -2.15. The summed E-state index contributed by atoms with van der Waals surface area (Å²) in [4.78, 5) is 12.1. The standard InChI is InChI=1S/C19H21F2NO/c1-12-4-5-15(13(2)10-12)7-9-19(23)22-14(3)16-6-8-17(20)18(21)11-16/h4-6,8,10-11,14H,7,9H2,1-3H3,(H,22,23). The molecule has 0 aliphatic rings. The van der Waals surface area contributed by atoms with Gasteiger partial charge in [-0.1, -0.05) is 29.8 Å². The van der Waals surface area contributed by atoms with Crippen LogP contribution >= 0.6 is 0 Å². The Morgan fingerprint density at radius 3 is 2.48 bits per heavy atom. The average Bonchev–Trinajstić information content (AvgIpc) is 2.49. The van der Waals surface area contributed by atoms with E-state index in [4.69, 9.17) is 0 Å². The molecule has 23 heavy (non-hydrogen) atoms. The third-order valence-corrected chi connectivity index (χ3v) is 3.94. The maximum atomic E-state index is 13.2. The van der Waals surface area contributed by atoms with Gasteiger partial charge < -0.3 is 5.32 Å². The Hall–Kier alpha value is -2.23. The first kappa shape index (κ1) is 17.1. The lowest BCUT2D eigenvalue weighted by molar-refractivity contribution is -0.121. The Labute approximate surface area is 135 Å². The summed E-state index contributed by atoms with van der Waals surface area (Å²) in [7, 11) is 0. The van der Waals surface area contributed by atoms with E-state index in [1.54, 1.807) is 6.92 Å². The minimum atomic E-state index is -0.904. The van der Waals surface area contributed by atoms with Crippen LogP contribution in [0.15, 0.2) is 36.4 Å². The van der Waals surface area contributed by atoms with Crippen LogP contribution in [0.1, 0.15) is 41.6 Å². The van der Waals surface area contributed by atoms with Gasteiger partial charge in [-0.05, 0) is 56.0 Å². The Balaban J connectivity index is 1.92. The summed E-state index contributed by atoms with van der Waals surface area (Å²) < 4.78 is 26.2. The van der Waals surface area contributed by atoms with Crippen molar-refractivity contribution in [1.29, 1.82) is 0 Å². The van der Waals surface area contributed by atoms with Crippen LogP contribution in [-0.2, 0) is 11.2 Å². The highest BCUT2D eigenvalue weighted by Gasteiger charge is 2.12. The molecular weight excluding hydrogens is 296 g/mol. The van der Waals surface area contributed by atoms with Gasteiger partial charge in [0, 0.05) is 6.42 Å². The van der Waals surface area contributed by atoms with E-state index in [0.717, 1.165) is 17.7 Å². The zero-order chi connectivity index (χ0) is 17.0. The molecule has 0 radical (unpaired) electrons. The summed E-state index contributed by atoms with van der Waals surface area (Å²) in [5, 5.41) is 2.82. The van der Waals surface area contributed by atoms with E-state index < -0.39 is 11.6 Å². The Morgan fingerprint density at radius 2 is 1.83 bits per heavy atom. The molecule has 1 atom stereocenters. The van der Waals surface area contributed by atoms with Crippen molar-refractivity contribution in [1.82, 2.24) is 5.32 Å². The maximum Gasteiger partial charge on any atom is 0.220 e. The number of carbonyl (C=O) groups is 1. The van der Waals surface area contributed by atoms with Crippen molar-refractivity contribution >= 4 is 5.91 Å². The second-order valence-electron chi connectivity index (χ2n) is 5.89. The first-order valence-corrected chi connectivity index (χ1v) is 7.67. The molecule has 0 aromatic heterocycles. The lowest BCUT2D eigenvalue weighted by atomic mass is 10.0. The first-order valence-electron chi connectivity index (χ1n) is 7.67. The van der Waals surface area contributed by atoms with Crippen LogP contribution in [0.4, 0.5) is 8.78 Å². The number of amides is 1. The van der Waals surface area contributed by atoms with Gasteiger partial charge in [0.05, 0.1) is 6.04 Å². The van der Waals surface area contributed by atoms with Crippen molar-refractivity contribution in [2.45, 2.75) is 39.7 Å². The van der Waals surface area contributed by atoms with Crippen LogP contribution in [0.3, 0.4) is 0 Å². The number of carbonyl (C=O) groups excluding carboxylic acids is 1. The number of benzene rings is 2. The number of hydrogen-bond acceptors (Lipinski definition) is 1. The number of hydrogen-bond donors (Lipinski definition) is 1. The topological polar surface area (TPSA) is 29.1 Å². The van der Waals surface area contributed by atoms with Crippen LogP contribution in [0.5, 0.6) is 0 Å². The van der Waals surface area contributed by atoms with Crippen LogP contribution in [0, 0.1) is 25.5 Å². The van der Waals surface area contributed by atoms with Gasteiger partial charge in [0.2, 0.25) is 5.91 Å². The monoisotopic (exact) mass is 317 g/mol. The summed E-state index contributed by atoms with van der Waals surface area (Å²) >= 11 is 0. The van der Waals surface area contributed by atoms with E-state index >= 15 is 0 Å². The molecule has 0 spiro atoms. The molecule has 0 bridgehead atoms. The van der Waals surface area contributed by atoms with Crippen LogP contribution in [0.25, 0.3) is 0 Å². The SMILES string of the molecule is Cc1ccc(CCC(=O)NC(C)c2ccc(F)c(F)c2)c(C)c1. The zero-order valence-corrected chi connectivity index (χ0v) is 13.6. The predicted molar refractivity (Wildman–Crippen MR) is 87.2 cm³/mol. The molecular formula is C19H21F2NO. The molecule has 1 unspecified atom stereocenters. The molecule has 0 heterocycles. The van der Waals surface area contributed by atoms with Gasteiger partial charge in [0.1, 0.15) is 0 Å². The number of halogens is 2. The molecule has 1 N–H and O–H groups in total. The summed E-state index contributed by atoms with van der Waals surface area (Å²) in [6.07, 6.45) is 1.01. The molecule has 122 valence electrons. The fourth-order valence-corrected chi connectivity index (χ4v) is 2.55. The number of aryl methyl sites for hydroxylation is 3. The average molecular weight is 317 g/mol. The molecule has 0 saturated carbocycles. The van der Waals surface area contributed by atoms with Crippen molar-refractivity contribution in [3.05, 3.63) is 70.3 Å². The number of rotatable bonds is 5. The van der Waals surface area contributed by atoms with Gasteiger partial charge in [0.25, 0.3) is 0 Å². The van der Waals surface area contributed by atoms with Crippen molar-refractivity contribution in [3.8, 4) is 0 Å². The van der Waals surface area contributed by atoms with E-state index in [2.05, 4.69) is 11.4 Å². The Kier molecular flexibility index (Phi) is 5.48. The second kappa shape index (κ2) is 7.36. The maximum absolute atomic E-state index is 13.2. The quantitative estimate of drug-likeness (QED) is 0.870. The summed E-state index contributed by atoms with van der Waals surface area (Å²) in [5.41, 5.74) is 4.06. The van der Waals surface area contributed by atoms with E-state index in [1.165, 1.54) is 17.2 Å². The van der Waals surface area contributed by atoms with Crippen molar-refractivity contribution in [2.75, 3.05) is 0 Å². The molecule has 0 aliphatic heterocycles. The zero-order valence-electron chi connectivity index (χ0n) is 13.6.